The summed E-state index contributed by atoms with van der Waals surface area (Å²) in [6.45, 7) is 6.36. The molecule has 4 rings (SSSR count). The van der Waals surface area contributed by atoms with Gasteiger partial charge >= 0.3 is 0 Å². The first-order valence-electron chi connectivity index (χ1n) is 10.1. The summed E-state index contributed by atoms with van der Waals surface area (Å²) in [5.41, 5.74) is 3.32. The van der Waals surface area contributed by atoms with E-state index in [1.54, 1.807) is 18.9 Å². The zero-order valence-electron chi connectivity index (χ0n) is 18.0. The van der Waals surface area contributed by atoms with E-state index in [2.05, 4.69) is 9.97 Å². The second-order valence-electron chi connectivity index (χ2n) is 7.70. The second-order valence-corrected chi connectivity index (χ2v) is 8.90. The molecule has 7 nitrogen and oxygen atoms in total. The molecule has 3 heterocycles. The van der Waals surface area contributed by atoms with Crippen LogP contribution in [0.3, 0.4) is 0 Å². The van der Waals surface area contributed by atoms with Gasteiger partial charge in [-0.15, -0.1) is 11.3 Å². The van der Waals surface area contributed by atoms with Gasteiger partial charge in [-0.3, -0.25) is 9.59 Å². The molecule has 3 aromatic rings. The van der Waals surface area contributed by atoms with Crippen LogP contribution in [0.1, 0.15) is 44.1 Å². The Kier molecular flexibility index (Phi) is 5.68. The SMILES string of the molecule is COCCCN1C(=O)C(O)=C(C(=O)c2sc(C)nc2C)C1c1c(C)[nH]c2ccccc12. The zero-order chi connectivity index (χ0) is 22.3. The van der Waals surface area contributed by atoms with Crippen LogP contribution in [0, 0.1) is 20.8 Å². The lowest BCUT2D eigenvalue weighted by Crippen LogP contribution is -2.33. The van der Waals surface area contributed by atoms with Crippen molar-refractivity contribution in [3.8, 4) is 0 Å². The number of hydrogen-bond donors (Lipinski definition) is 2. The number of aromatic amines is 1. The van der Waals surface area contributed by atoms with Gasteiger partial charge in [-0.25, -0.2) is 4.98 Å². The van der Waals surface area contributed by atoms with E-state index in [0.29, 0.717) is 30.1 Å². The molecule has 0 saturated heterocycles. The number of aliphatic hydroxyl groups is 1. The predicted molar refractivity (Wildman–Crippen MR) is 120 cm³/mol. The van der Waals surface area contributed by atoms with Crippen molar-refractivity contribution in [3.05, 3.63) is 62.4 Å². The van der Waals surface area contributed by atoms with Crippen LogP contribution in [0.15, 0.2) is 35.6 Å². The summed E-state index contributed by atoms with van der Waals surface area (Å²) in [4.78, 5) is 36.4. The van der Waals surface area contributed by atoms with Crippen molar-refractivity contribution >= 4 is 33.9 Å². The smallest absolute Gasteiger partial charge is 0.290 e. The van der Waals surface area contributed by atoms with Gasteiger partial charge in [0.2, 0.25) is 5.78 Å². The molecule has 0 aliphatic carbocycles. The Morgan fingerprint density at radius 1 is 1.29 bits per heavy atom. The number of ether oxygens (including phenoxy) is 1. The molecule has 31 heavy (non-hydrogen) atoms. The number of thiazole rings is 1. The van der Waals surface area contributed by atoms with Crippen molar-refractivity contribution in [1.82, 2.24) is 14.9 Å². The van der Waals surface area contributed by atoms with Crippen molar-refractivity contribution < 1.29 is 19.4 Å². The Morgan fingerprint density at radius 3 is 2.71 bits per heavy atom. The highest BCUT2D eigenvalue weighted by Crippen LogP contribution is 2.43. The van der Waals surface area contributed by atoms with E-state index in [1.807, 2.05) is 38.1 Å². The van der Waals surface area contributed by atoms with Gasteiger partial charge in [-0.1, -0.05) is 18.2 Å². The molecule has 2 N–H and O–H groups in total. The maximum atomic E-state index is 13.6. The van der Waals surface area contributed by atoms with Crippen LogP contribution in [-0.2, 0) is 9.53 Å². The third kappa shape index (κ3) is 3.55. The Hall–Kier alpha value is -2.97. The summed E-state index contributed by atoms with van der Waals surface area (Å²) in [5, 5.41) is 12.5. The van der Waals surface area contributed by atoms with E-state index in [9.17, 15) is 14.7 Å². The van der Waals surface area contributed by atoms with Gasteiger partial charge in [0.1, 0.15) is 0 Å². The molecule has 1 aliphatic heterocycles. The highest BCUT2D eigenvalue weighted by atomic mass is 32.1. The highest BCUT2D eigenvalue weighted by molar-refractivity contribution is 7.14. The van der Waals surface area contributed by atoms with Crippen LogP contribution < -0.4 is 0 Å². The molecule has 0 spiro atoms. The number of carbonyl (C=O) groups is 2. The lowest BCUT2D eigenvalue weighted by Gasteiger charge is -2.27. The molecule has 0 bridgehead atoms. The Bertz CT molecular complexity index is 1210. The van der Waals surface area contributed by atoms with Gasteiger partial charge in [0.15, 0.2) is 5.76 Å². The first kappa shape index (κ1) is 21.3. The minimum absolute atomic E-state index is 0.113. The fourth-order valence-corrected chi connectivity index (χ4v) is 5.18. The van der Waals surface area contributed by atoms with Crippen LogP contribution in [0.25, 0.3) is 10.9 Å². The lowest BCUT2D eigenvalue weighted by molar-refractivity contribution is -0.129. The summed E-state index contributed by atoms with van der Waals surface area (Å²) in [6.07, 6.45) is 0.591. The number of para-hydroxylation sites is 1. The van der Waals surface area contributed by atoms with Crippen molar-refractivity contribution in [2.24, 2.45) is 0 Å². The van der Waals surface area contributed by atoms with Crippen molar-refractivity contribution in [1.29, 1.82) is 0 Å². The number of nitrogens with one attached hydrogen (secondary N) is 1. The summed E-state index contributed by atoms with van der Waals surface area (Å²) in [6, 6.07) is 7.09. The molecule has 0 saturated carbocycles. The van der Waals surface area contributed by atoms with Crippen LogP contribution in [0.2, 0.25) is 0 Å². The predicted octanol–water partition coefficient (Wildman–Crippen LogP) is 4.16. The average molecular weight is 440 g/mol. The molecule has 1 aliphatic rings. The summed E-state index contributed by atoms with van der Waals surface area (Å²) < 4.78 is 5.15. The van der Waals surface area contributed by atoms with Gasteiger partial charge in [0, 0.05) is 42.4 Å². The molecular weight excluding hydrogens is 414 g/mol. The van der Waals surface area contributed by atoms with Crippen LogP contribution in [0.5, 0.6) is 0 Å². The Morgan fingerprint density at radius 2 is 2.03 bits per heavy atom. The molecule has 8 heteroatoms. The number of ketones is 1. The normalized spacial score (nSPS) is 16.7. The number of benzene rings is 1. The topological polar surface area (TPSA) is 95.5 Å². The molecule has 0 fully saturated rings. The number of methoxy groups -OCH3 is 1. The number of nitrogens with zero attached hydrogens (tertiary/aromatic N) is 2. The van der Waals surface area contributed by atoms with E-state index in [1.165, 1.54) is 11.3 Å². The quantitative estimate of drug-likeness (QED) is 0.426. The molecule has 162 valence electrons. The third-order valence-electron chi connectivity index (χ3n) is 5.62. The largest absolute Gasteiger partial charge is 0.503 e. The number of hydrogen-bond acceptors (Lipinski definition) is 6. The monoisotopic (exact) mass is 439 g/mol. The number of aromatic nitrogens is 2. The van der Waals surface area contributed by atoms with Crippen molar-refractivity contribution in [3.63, 3.8) is 0 Å². The number of amides is 1. The molecular formula is C23H25N3O4S. The summed E-state index contributed by atoms with van der Waals surface area (Å²) >= 11 is 1.28. The molecule has 0 radical (unpaired) electrons. The van der Waals surface area contributed by atoms with Gasteiger partial charge in [0.05, 0.1) is 27.2 Å². The van der Waals surface area contributed by atoms with Crippen LogP contribution in [0.4, 0.5) is 0 Å². The molecule has 1 aromatic carbocycles. The van der Waals surface area contributed by atoms with E-state index in [4.69, 9.17) is 4.74 Å². The van der Waals surface area contributed by atoms with Gasteiger partial charge in [0.25, 0.3) is 5.91 Å². The van der Waals surface area contributed by atoms with E-state index >= 15 is 0 Å². The number of aryl methyl sites for hydroxylation is 3. The molecule has 1 amide bonds. The first-order valence-corrected chi connectivity index (χ1v) is 11.0. The van der Waals surface area contributed by atoms with E-state index in [-0.39, 0.29) is 11.4 Å². The minimum Gasteiger partial charge on any atom is -0.503 e. The summed E-state index contributed by atoms with van der Waals surface area (Å²) in [5.74, 6) is -1.37. The maximum Gasteiger partial charge on any atom is 0.290 e. The fraction of sp³-hybridized carbons (Fsp3) is 0.348. The Labute approximate surface area is 184 Å². The average Bonchev–Trinajstić information content (AvgIpc) is 3.33. The van der Waals surface area contributed by atoms with Gasteiger partial charge in [-0.05, 0) is 33.3 Å². The lowest BCUT2D eigenvalue weighted by atomic mass is 9.93. The Balaban J connectivity index is 1.88. The maximum absolute atomic E-state index is 13.6. The van der Waals surface area contributed by atoms with Gasteiger partial charge in [-0.2, -0.15) is 0 Å². The molecule has 1 unspecified atom stereocenters. The minimum atomic E-state index is -0.685. The number of rotatable bonds is 7. The first-order chi connectivity index (χ1) is 14.8. The van der Waals surface area contributed by atoms with Gasteiger partial charge < -0.3 is 19.7 Å². The van der Waals surface area contributed by atoms with Crippen LogP contribution >= 0.6 is 11.3 Å². The van der Waals surface area contributed by atoms with E-state index in [0.717, 1.165) is 27.2 Å². The standard InChI is InChI=1S/C23H25N3O4S/c1-12-17(15-8-5-6-9-16(15)25-12)19-18(20(27)22-13(2)24-14(3)31-22)21(28)23(29)26(19)10-7-11-30-4/h5-6,8-9,19,25,28H,7,10-11H2,1-4H3. The highest BCUT2D eigenvalue weighted by Gasteiger charge is 2.45. The number of Topliss-reactive ketones (excluding diaryl/α,β-unsaturated/α-hetero) is 1. The number of aliphatic hydroxyl groups excluding tert-OH is 1. The second kappa shape index (κ2) is 8.28. The van der Waals surface area contributed by atoms with Crippen molar-refractivity contribution in [2.45, 2.75) is 33.2 Å². The number of H-pyrrole nitrogens is 1. The third-order valence-corrected chi connectivity index (χ3v) is 6.69. The fourth-order valence-electron chi connectivity index (χ4n) is 4.31. The van der Waals surface area contributed by atoms with Crippen LogP contribution in [-0.4, -0.2) is 51.9 Å². The van der Waals surface area contributed by atoms with E-state index < -0.39 is 17.7 Å². The number of fused-ring (bicyclic) bond motifs is 1. The number of carbonyl (C=O) groups excluding carboxylic acids is 2. The zero-order valence-corrected chi connectivity index (χ0v) is 18.8. The molecule has 2 aromatic heterocycles. The molecule has 1 atom stereocenters. The summed E-state index contributed by atoms with van der Waals surface area (Å²) in [7, 11) is 1.60. The van der Waals surface area contributed by atoms with Crippen molar-refractivity contribution in [2.75, 3.05) is 20.3 Å².